The van der Waals surface area contributed by atoms with Crippen LogP contribution in [0, 0.1) is 5.92 Å². The molecule has 1 aromatic carbocycles. The van der Waals surface area contributed by atoms with Gasteiger partial charge in [0.05, 0.1) is 12.7 Å². The molecule has 1 aliphatic rings. The third kappa shape index (κ3) is 2.63. The molecule has 0 bridgehead atoms. The average Bonchev–Trinajstić information content (AvgIpc) is 2.86. The summed E-state index contributed by atoms with van der Waals surface area (Å²) < 4.78 is 5.22. The van der Waals surface area contributed by atoms with Crippen molar-refractivity contribution < 1.29 is 9.53 Å². The van der Waals surface area contributed by atoms with Gasteiger partial charge in [-0.1, -0.05) is 28.1 Å². The number of rotatable bonds is 3. The molecule has 1 atom stereocenters. The molecule has 0 spiro atoms. The molecule has 1 saturated heterocycles. The van der Waals surface area contributed by atoms with Gasteiger partial charge in [0.1, 0.15) is 5.75 Å². The highest BCUT2D eigenvalue weighted by Crippen LogP contribution is 2.24. The third-order valence-corrected chi connectivity index (χ3v) is 4.04. The Bertz CT molecular complexity index is 408. The van der Waals surface area contributed by atoms with Crippen molar-refractivity contribution >= 4 is 21.8 Å². The lowest BCUT2D eigenvalue weighted by molar-refractivity contribution is 0.0785. The van der Waals surface area contributed by atoms with Gasteiger partial charge in [0, 0.05) is 18.4 Å². The van der Waals surface area contributed by atoms with Crippen LogP contribution in [0.15, 0.2) is 24.3 Å². The maximum atomic E-state index is 12.3. The number of ether oxygens (including phenoxy) is 1. The van der Waals surface area contributed by atoms with E-state index in [9.17, 15) is 4.79 Å². The van der Waals surface area contributed by atoms with E-state index in [1.54, 1.807) is 7.11 Å². The normalized spacial score (nSPS) is 19.4. The van der Waals surface area contributed by atoms with Gasteiger partial charge in [-0.25, -0.2) is 0 Å². The highest BCUT2D eigenvalue weighted by molar-refractivity contribution is 9.09. The van der Waals surface area contributed by atoms with Crippen LogP contribution in [0.25, 0.3) is 0 Å². The fourth-order valence-corrected chi connectivity index (χ4v) is 2.66. The Morgan fingerprint density at radius 2 is 2.29 bits per heavy atom. The SMILES string of the molecule is COc1ccccc1C(=O)N1CCC(CBr)C1. The van der Waals surface area contributed by atoms with Gasteiger partial charge >= 0.3 is 0 Å². The number of methoxy groups -OCH3 is 1. The van der Waals surface area contributed by atoms with Crippen LogP contribution in [-0.2, 0) is 0 Å². The Hall–Kier alpha value is -1.03. The molecule has 1 fully saturated rings. The van der Waals surface area contributed by atoms with Gasteiger partial charge in [-0.2, -0.15) is 0 Å². The maximum absolute atomic E-state index is 12.3. The number of amides is 1. The number of para-hydroxylation sites is 1. The van der Waals surface area contributed by atoms with Crippen LogP contribution in [0.3, 0.4) is 0 Å². The third-order valence-electron chi connectivity index (χ3n) is 3.13. The molecule has 1 amide bonds. The summed E-state index contributed by atoms with van der Waals surface area (Å²) in [7, 11) is 1.59. The molecule has 0 N–H and O–H groups in total. The Morgan fingerprint density at radius 3 is 2.94 bits per heavy atom. The second-order valence-electron chi connectivity index (χ2n) is 4.26. The van der Waals surface area contributed by atoms with Gasteiger partial charge in [0.25, 0.3) is 5.91 Å². The Balaban J connectivity index is 2.15. The molecule has 0 saturated carbocycles. The first kappa shape index (κ1) is 12.4. The monoisotopic (exact) mass is 297 g/mol. The first-order valence-corrected chi connectivity index (χ1v) is 6.86. The summed E-state index contributed by atoms with van der Waals surface area (Å²) >= 11 is 3.47. The fourth-order valence-electron chi connectivity index (χ4n) is 2.13. The van der Waals surface area contributed by atoms with E-state index in [1.165, 1.54) is 0 Å². The molecule has 0 aliphatic carbocycles. The predicted molar refractivity (Wildman–Crippen MR) is 70.8 cm³/mol. The Labute approximate surface area is 110 Å². The van der Waals surface area contributed by atoms with E-state index in [4.69, 9.17) is 4.74 Å². The Morgan fingerprint density at radius 1 is 1.53 bits per heavy atom. The smallest absolute Gasteiger partial charge is 0.257 e. The van der Waals surface area contributed by atoms with Gasteiger partial charge < -0.3 is 9.64 Å². The number of hydrogen-bond acceptors (Lipinski definition) is 2. The summed E-state index contributed by atoms with van der Waals surface area (Å²) in [5.74, 6) is 1.30. The quantitative estimate of drug-likeness (QED) is 0.803. The van der Waals surface area contributed by atoms with Crippen molar-refractivity contribution in [1.82, 2.24) is 4.90 Å². The number of hydrogen-bond donors (Lipinski definition) is 0. The van der Waals surface area contributed by atoms with Crippen LogP contribution < -0.4 is 4.74 Å². The minimum atomic E-state index is 0.0749. The molecule has 2 rings (SSSR count). The summed E-state index contributed by atoms with van der Waals surface area (Å²) in [6.45, 7) is 1.68. The molecular formula is C13H16BrNO2. The molecular weight excluding hydrogens is 282 g/mol. The summed E-state index contributed by atoms with van der Waals surface area (Å²) in [6.07, 6.45) is 1.08. The standard InChI is InChI=1S/C13H16BrNO2/c1-17-12-5-3-2-4-11(12)13(16)15-7-6-10(8-14)9-15/h2-5,10H,6-9H2,1H3. The molecule has 3 nitrogen and oxygen atoms in total. The van der Waals surface area contributed by atoms with Crippen molar-refractivity contribution in [3.05, 3.63) is 29.8 Å². The first-order valence-electron chi connectivity index (χ1n) is 5.74. The van der Waals surface area contributed by atoms with E-state index in [0.29, 0.717) is 17.2 Å². The van der Waals surface area contributed by atoms with Crippen molar-refractivity contribution in [3.8, 4) is 5.75 Å². The van der Waals surface area contributed by atoms with Crippen LogP contribution in [-0.4, -0.2) is 36.3 Å². The molecule has 0 aromatic heterocycles. The van der Waals surface area contributed by atoms with Crippen molar-refractivity contribution in [2.45, 2.75) is 6.42 Å². The lowest BCUT2D eigenvalue weighted by Gasteiger charge is -2.17. The summed E-state index contributed by atoms with van der Waals surface area (Å²) in [5.41, 5.74) is 0.658. The van der Waals surface area contributed by atoms with Crippen LogP contribution in [0.1, 0.15) is 16.8 Å². The predicted octanol–water partition coefficient (Wildman–Crippen LogP) is 2.55. The van der Waals surface area contributed by atoms with Gasteiger partial charge in [0.2, 0.25) is 0 Å². The maximum Gasteiger partial charge on any atom is 0.257 e. The zero-order valence-electron chi connectivity index (χ0n) is 9.86. The number of likely N-dealkylation sites (tertiary alicyclic amines) is 1. The van der Waals surface area contributed by atoms with E-state index in [-0.39, 0.29) is 5.91 Å². The van der Waals surface area contributed by atoms with Crippen LogP contribution >= 0.6 is 15.9 Å². The highest BCUT2D eigenvalue weighted by atomic mass is 79.9. The zero-order chi connectivity index (χ0) is 12.3. The van der Waals surface area contributed by atoms with E-state index in [0.717, 1.165) is 24.8 Å². The number of benzene rings is 1. The number of alkyl halides is 1. The summed E-state index contributed by atoms with van der Waals surface area (Å²) in [4.78, 5) is 14.2. The van der Waals surface area contributed by atoms with Crippen LogP contribution in [0.5, 0.6) is 5.75 Å². The average molecular weight is 298 g/mol. The molecule has 4 heteroatoms. The van der Waals surface area contributed by atoms with Gasteiger partial charge in [0.15, 0.2) is 0 Å². The Kier molecular flexibility index (Phi) is 4.05. The van der Waals surface area contributed by atoms with E-state index >= 15 is 0 Å². The lowest BCUT2D eigenvalue weighted by Crippen LogP contribution is -2.29. The fraction of sp³-hybridized carbons (Fsp3) is 0.462. The first-order chi connectivity index (χ1) is 8.26. The van der Waals surface area contributed by atoms with Crippen LogP contribution in [0.4, 0.5) is 0 Å². The van der Waals surface area contributed by atoms with Crippen molar-refractivity contribution in [2.75, 3.05) is 25.5 Å². The molecule has 0 radical (unpaired) electrons. The lowest BCUT2D eigenvalue weighted by atomic mass is 10.1. The number of carbonyl (C=O) groups excluding carboxylic acids is 1. The molecule has 1 heterocycles. The molecule has 1 aliphatic heterocycles. The molecule has 1 unspecified atom stereocenters. The second kappa shape index (κ2) is 5.54. The van der Waals surface area contributed by atoms with E-state index < -0.39 is 0 Å². The van der Waals surface area contributed by atoms with Crippen LogP contribution in [0.2, 0.25) is 0 Å². The molecule has 17 heavy (non-hydrogen) atoms. The minimum Gasteiger partial charge on any atom is -0.496 e. The minimum absolute atomic E-state index is 0.0749. The van der Waals surface area contributed by atoms with E-state index in [2.05, 4.69) is 15.9 Å². The topological polar surface area (TPSA) is 29.5 Å². The number of nitrogens with zero attached hydrogens (tertiary/aromatic N) is 1. The van der Waals surface area contributed by atoms with Crippen molar-refractivity contribution in [2.24, 2.45) is 5.92 Å². The summed E-state index contributed by atoms with van der Waals surface area (Å²) in [6, 6.07) is 7.39. The van der Waals surface area contributed by atoms with Gasteiger partial charge in [-0.3, -0.25) is 4.79 Å². The largest absolute Gasteiger partial charge is 0.496 e. The van der Waals surface area contributed by atoms with Gasteiger partial charge in [-0.15, -0.1) is 0 Å². The number of carbonyl (C=O) groups is 1. The number of halogens is 1. The molecule has 92 valence electrons. The van der Waals surface area contributed by atoms with Crippen molar-refractivity contribution in [1.29, 1.82) is 0 Å². The zero-order valence-corrected chi connectivity index (χ0v) is 11.4. The molecule has 1 aromatic rings. The van der Waals surface area contributed by atoms with E-state index in [1.807, 2.05) is 29.2 Å². The van der Waals surface area contributed by atoms with Gasteiger partial charge in [-0.05, 0) is 24.5 Å². The highest BCUT2D eigenvalue weighted by Gasteiger charge is 2.27. The van der Waals surface area contributed by atoms with Crippen molar-refractivity contribution in [3.63, 3.8) is 0 Å². The summed E-state index contributed by atoms with van der Waals surface area (Å²) in [5, 5.41) is 0.961. The second-order valence-corrected chi connectivity index (χ2v) is 4.91.